The molecule has 0 aromatic heterocycles. The lowest BCUT2D eigenvalue weighted by Gasteiger charge is -2.35. The molecule has 2 aliphatic rings. The molecule has 2 fully saturated rings. The third-order valence-electron chi connectivity index (χ3n) is 5.94. The van der Waals surface area contributed by atoms with Crippen LogP contribution >= 0.6 is 0 Å². The molecule has 2 amide bonds. The number of hydrogen-bond donors (Lipinski definition) is 0. The van der Waals surface area contributed by atoms with Gasteiger partial charge in [-0.15, -0.1) is 0 Å². The minimum Gasteiger partial charge on any atom is -0.339 e. The fourth-order valence-corrected chi connectivity index (χ4v) is 4.15. The van der Waals surface area contributed by atoms with Crippen molar-refractivity contribution in [2.24, 2.45) is 5.92 Å². The van der Waals surface area contributed by atoms with Crippen molar-refractivity contribution in [3.63, 3.8) is 0 Å². The molecular formula is C22H29N3O2. The Balaban J connectivity index is 1.36. The van der Waals surface area contributed by atoms with Crippen molar-refractivity contribution in [2.45, 2.75) is 51.4 Å². The number of nitrogens with zero attached hydrogens (tertiary/aromatic N) is 3. The monoisotopic (exact) mass is 367 g/mol. The number of rotatable bonds is 6. The Morgan fingerprint density at radius 2 is 1.48 bits per heavy atom. The van der Waals surface area contributed by atoms with Crippen molar-refractivity contribution in [3.05, 3.63) is 35.4 Å². The first-order valence-electron chi connectivity index (χ1n) is 10.2. The van der Waals surface area contributed by atoms with Crippen molar-refractivity contribution in [1.82, 2.24) is 9.80 Å². The zero-order valence-electron chi connectivity index (χ0n) is 16.0. The number of aryl methyl sites for hydroxylation is 1. The van der Waals surface area contributed by atoms with E-state index in [9.17, 15) is 9.59 Å². The molecular weight excluding hydrogens is 338 g/mol. The Hall–Kier alpha value is -2.35. The van der Waals surface area contributed by atoms with Crippen molar-refractivity contribution in [2.75, 3.05) is 26.2 Å². The molecule has 1 saturated heterocycles. The Morgan fingerprint density at radius 3 is 2.04 bits per heavy atom. The lowest BCUT2D eigenvalue weighted by atomic mass is 10.0. The van der Waals surface area contributed by atoms with E-state index in [0.29, 0.717) is 51.0 Å². The predicted octanol–water partition coefficient (Wildman–Crippen LogP) is 3.13. The second kappa shape index (κ2) is 9.55. The Bertz CT molecular complexity index is 679. The van der Waals surface area contributed by atoms with Gasteiger partial charge in [0.2, 0.25) is 11.8 Å². The summed E-state index contributed by atoms with van der Waals surface area (Å²) in [5, 5.41) is 8.83. The van der Waals surface area contributed by atoms with Gasteiger partial charge in [-0.3, -0.25) is 9.59 Å². The maximum absolute atomic E-state index is 12.4. The number of amides is 2. The number of carbonyl (C=O) groups excluding carboxylic acids is 2. The Morgan fingerprint density at radius 1 is 0.926 bits per heavy atom. The van der Waals surface area contributed by atoms with E-state index >= 15 is 0 Å². The minimum atomic E-state index is 0.150. The molecule has 0 bridgehead atoms. The second-order valence-corrected chi connectivity index (χ2v) is 7.76. The SMILES string of the molecule is N#Cc1ccc(CCC(=O)N2CCN(C(=O)CCC3CCCC3)CC2)cc1. The maximum atomic E-state index is 12.4. The van der Waals surface area contributed by atoms with E-state index in [-0.39, 0.29) is 11.8 Å². The molecule has 0 spiro atoms. The molecule has 1 aliphatic heterocycles. The smallest absolute Gasteiger partial charge is 0.223 e. The van der Waals surface area contributed by atoms with Gasteiger partial charge in [-0.1, -0.05) is 37.8 Å². The van der Waals surface area contributed by atoms with Crippen LogP contribution in [0.5, 0.6) is 0 Å². The third-order valence-corrected chi connectivity index (χ3v) is 5.94. The van der Waals surface area contributed by atoms with Crippen LogP contribution in [0, 0.1) is 17.2 Å². The van der Waals surface area contributed by atoms with Gasteiger partial charge < -0.3 is 9.80 Å². The van der Waals surface area contributed by atoms with Crippen LogP contribution in [0.2, 0.25) is 0 Å². The van der Waals surface area contributed by atoms with Crippen molar-refractivity contribution in [1.29, 1.82) is 5.26 Å². The number of hydrogen-bond acceptors (Lipinski definition) is 3. The van der Waals surface area contributed by atoms with Crippen molar-refractivity contribution in [3.8, 4) is 6.07 Å². The van der Waals surface area contributed by atoms with Crippen LogP contribution in [0.15, 0.2) is 24.3 Å². The molecule has 27 heavy (non-hydrogen) atoms. The fraction of sp³-hybridized carbons (Fsp3) is 0.591. The summed E-state index contributed by atoms with van der Waals surface area (Å²) < 4.78 is 0. The summed E-state index contributed by atoms with van der Waals surface area (Å²) in [6.07, 6.45) is 8.07. The number of carbonyl (C=O) groups is 2. The average Bonchev–Trinajstić information content (AvgIpc) is 3.24. The first kappa shape index (κ1) is 19.4. The van der Waals surface area contributed by atoms with Crippen molar-refractivity contribution >= 4 is 11.8 Å². The summed E-state index contributed by atoms with van der Waals surface area (Å²) in [6.45, 7) is 2.60. The van der Waals surface area contributed by atoms with Gasteiger partial charge in [0.1, 0.15) is 0 Å². The van der Waals surface area contributed by atoms with Crippen LogP contribution in [0.4, 0.5) is 0 Å². The van der Waals surface area contributed by atoms with Gasteiger partial charge in [-0.05, 0) is 36.5 Å². The lowest BCUT2D eigenvalue weighted by molar-refractivity contribution is -0.139. The molecule has 1 aliphatic carbocycles. The van der Waals surface area contributed by atoms with E-state index in [1.54, 1.807) is 12.1 Å². The summed E-state index contributed by atoms with van der Waals surface area (Å²) in [5.41, 5.74) is 1.71. The van der Waals surface area contributed by atoms with E-state index in [1.807, 2.05) is 21.9 Å². The zero-order chi connectivity index (χ0) is 19.1. The molecule has 0 unspecified atom stereocenters. The molecule has 5 nitrogen and oxygen atoms in total. The van der Waals surface area contributed by atoms with Crippen LogP contribution in [0.25, 0.3) is 0 Å². The predicted molar refractivity (Wildman–Crippen MR) is 104 cm³/mol. The van der Waals surface area contributed by atoms with Crippen LogP contribution in [-0.4, -0.2) is 47.8 Å². The molecule has 5 heteroatoms. The molecule has 0 atom stereocenters. The third kappa shape index (κ3) is 5.56. The van der Waals surface area contributed by atoms with Crippen LogP contribution in [0.1, 0.15) is 56.1 Å². The van der Waals surface area contributed by atoms with Gasteiger partial charge in [0.25, 0.3) is 0 Å². The Kier molecular flexibility index (Phi) is 6.86. The quantitative estimate of drug-likeness (QED) is 0.776. The van der Waals surface area contributed by atoms with E-state index in [2.05, 4.69) is 6.07 Å². The highest BCUT2D eigenvalue weighted by Gasteiger charge is 2.24. The van der Waals surface area contributed by atoms with Gasteiger partial charge >= 0.3 is 0 Å². The number of piperazine rings is 1. The Labute approximate surface area is 161 Å². The molecule has 144 valence electrons. The highest BCUT2D eigenvalue weighted by atomic mass is 16.2. The van der Waals surface area contributed by atoms with E-state index in [1.165, 1.54) is 25.7 Å². The van der Waals surface area contributed by atoms with Gasteiger partial charge in [-0.25, -0.2) is 0 Å². The summed E-state index contributed by atoms with van der Waals surface area (Å²) in [5.74, 6) is 1.16. The van der Waals surface area contributed by atoms with E-state index < -0.39 is 0 Å². The molecule has 1 heterocycles. The van der Waals surface area contributed by atoms with Gasteiger partial charge in [0, 0.05) is 39.0 Å². The maximum Gasteiger partial charge on any atom is 0.223 e. The first-order chi connectivity index (χ1) is 13.2. The minimum absolute atomic E-state index is 0.150. The largest absolute Gasteiger partial charge is 0.339 e. The molecule has 0 N–H and O–H groups in total. The first-order valence-corrected chi connectivity index (χ1v) is 10.2. The van der Waals surface area contributed by atoms with Gasteiger partial charge in [0.15, 0.2) is 0 Å². The standard InChI is InChI=1S/C22H29N3O2/c23-17-20-7-5-19(6-8-20)10-12-22(27)25-15-13-24(14-16-25)21(26)11-9-18-3-1-2-4-18/h5-8,18H,1-4,9-16H2. The summed E-state index contributed by atoms with van der Waals surface area (Å²) in [4.78, 5) is 28.6. The topological polar surface area (TPSA) is 64.4 Å². The second-order valence-electron chi connectivity index (χ2n) is 7.76. The van der Waals surface area contributed by atoms with Crippen LogP contribution in [0.3, 0.4) is 0 Å². The number of benzene rings is 1. The van der Waals surface area contributed by atoms with Gasteiger partial charge in [-0.2, -0.15) is 5.26 Å². The van der Waals surface area contributed by atoms with Crippen LogP contribution < -0.4 is 0 Å². The van der Waals surface area contributed by atoms with Crippen molar-refractivity contribution < 1.29 is 9.59 Å². The summed E-state index contributed by atoms with van der Waals surface area (Å²) in [6, 6.07) is 9.50. The molecule has 1 saturated carbocycles. The highest BCUT2D eigenvalue weighted by Crippen LogP contribution is 2.28. The molecule has 1 aromatic carbocycles. The highest BCUT2D eigenvalue weighted by molar-refractivity contribution is 5.78. The number of nitriles is 1. The normalized spacial score (nSPS) is 17.7. The van der Waals surface area contributed by atoms with Crippen LogP contribution in [-0.2, 0) is 16.0 Å². The molecule has 3 rings (SSSR count). The molecule has 1 aromatic rings. The molecule has 0 radical (unpaired) electrons. The van der Waals surface area contributed by atoms with Gasteiger partial charge in [0.05, 0.1) is 11.6 Å². The average molecular weight is 367 g/mol. The van der Waals surface area contributed by atoms with E-state index in [0.717, 1.165) is 17.9 Å². The summed E-state index contributed by atoms with van der Waals surface area (Å²) >= 11 is 0. The zero-order valence-corrected chi connectivity index (χ0v) is 16.0. The summed E-state index contributed by atoms with van der Waals surface area (Å²) in [7, 11) is 0. The lowest BCUT2D eigenvalue weighted by Crippen LogP contribution is -2.50. The van der Waals surface area contributed by atoms with E-state index in [4.69, 9.17) is 5.26 Å². The fourth-order valence-electron chi connectivity index (χ4n) is 4.15.